The fourth-order valence-corrected chi connectivity index (χ4v) is 3.11. The molecule has 17 heavy (non-hydrogen) atoms. The molecule has 2 unspecified atom stereocenters. The van der Waals surface area contributed by atoms with Crippen molar-refractivity contribution < 1.29 is 19.3 Å². The lowest BCUT2D eigenvalue weighted by molar-refractivity contribution is -0.251. The van der Waals surface area contributed by atoms with Gasteiger partial charge in [-0.2, -0.15) is 0 Å². The van der Waals surface area contributed by atoms with E-state index in [0.717, 1.165) is 25.9 Å². The fourth-order valence-electron chi connectivity index (χ4n) is 3.11. The average molecular weight is 240 g/mol. The largest absolute Gasteiger partial charge is 0.390 e. The summed E-state index contributed by atoms with van der Waals surface area (Å²) in [6, 6.07) is 0. The molecule has 0 aromatic heterocycles. The molecule has 0 amide bonds. The van der Waals surface area contributed by atoms with Crippen LogP contribution in [-0.4, -0.2) is 48.3 Å². The van der Waals surface area contributed by atoms with Gasteiger partial charge in [-0.25, -0.2) is 0 Å². The zero-order chi connectivity index (χ0) is 11.8. The standard InChI is InChI=1S/C13H20O4/c1-2-9-8(14)6-12-13(16-9)7-11-10(17-12)4-3-5-15-11/h2,8-14H,1,3-7H2/t8?,9?,10-,11+,12+,13-/m0/s1. The highest BCUT2D eigenvalue weighted by Crippen LogP contribution is 2.36. The second kappa shape index (κ2) is 4.69. The van der Waals surface area contributed by atoms with Crippen LogP contribution >= 0.6 is 0 Å². The Balaban J connectivity index is 1.69. The number of hydrogen-bond donors (Lipinski definition) is 1. The van der Waals surface area contributed by atoms with Crippen LogP contribution in [0, 0.1) is 0 Å². The third-order valence-corrected chi connectivity index (χ3v) is 4.03. The van der Waals surface area contributed by atoms with Gasteiger partial charge in [0.25, 0.3) is 0 Å². The lowest BCUT2D eigenvalue weighted by Crippen LogP contribution is -2.56. The van der Waals surface area contributed by atoms with E-state index in [1.165, 1.54) is 0 Å². The monoisotopic (exact) mass is 240 g/mol. The SMILES string of the molecule is C=CC1O[C@H]2C[C@H]3OCCC[C@@H]3O[C@@H]2CC1O. The lowest BCUT2D eigenvalue weighted by Gasteiger charge is -2.47. The molecule has 0 aromatic carbocycles. The second-order valence-corrected chi connectivity index (χ2v) is 5.18. The maximum Gasteiger partial charge on any atom is 0.102 e. The molecule has 3 rings (SSSR count). The molecular weight excluding hydrogens is 220 g/mol. The van der Waals surface area contributed by atoms with Gasteiger partial charge in [0.05, 0.1) is 30.5 Å². The zero-order valence-corrected chi connectivity index (χ0v) is 9.96. The number of fused-ring (bicyclic) bond motifs is 2. The molecule has 3 heterocycles. The summed E-state index contributed by atoms with van der Waals surface area (Å²) in [5, 5.41) is 9.90. The first kappa shape index (κ1) is 11.7. The molecular formula is C13H20O4. The van der Waals surface area contributed by atoms with E-state index in [4.69, 9.17) is 14.2 Å². The van der Waals surface area contributed by atoms with Crippen LogP contribution in [0.5, 0.6) is 0 Å². The van der Waals surface area contributed by atoms with Gasteiger partial charge in [0.15, 0.2) is 0 Å². The maximum absolute atomic E-state index is 9.90. The number of aliphatic hydroxyl groups is 1. The molecule has 0 spiro atoms. The van der Waals surface area contributed by atoms with Gasteiger partial charge in [0.2, 0.25) is 0 Å². The summed E-state index contributed by atoms with van der Waals surface area (Å²) < 4.78 is 17.6. The fraction of sp³-hybridized carbons (Fsp3) is 0.846. The van der Waals surface area contributed by atoms with E-state index in [9.17, 15) is 5.11 Å². The Kier molecular flexibility index (Phi) is 3.21. The van der Waals surface area contributed by atoms with Gasteiger partial charge < -0.3 is 19.3 Å². The van der Waals surface area contributed by atoms with Crippen LogP contribution in [0.25, 0.3) is 0 Å². The lowest BCUT2D eigenvalue weighted by atomic mass is 9.88. The first-order valence-corrected chi connectivity index (χ1v) is 6.51. The second-order valence-electron chi connectivity index (χ2n) is 5.18. The van der Waals surface area contributed by atoms with Crippen LogP contribution in [-0.2, 0) is 14.2 Å². The highest BCUT2D eigenvalue weighted by atomic mass is 16.6. The van der Waals surface area contributed by atoms with Crippen LogP contribution in [0.3, 0.4) is 0 Å². The molecule has 4 nitrogen and oxygen atoms in total. The molecule has 0 aliphatic carbocycles. The van der Waals surface area contributed by atoms with Gasteiger partial charge >= 0.3 is 0 Å². The Bertz CT molecular complexity index is 293. The molecule has 3 aliphatic rings. The molecule has 6 atom stereocenters. The van der Waals surface area contributed by atoms with E-state index in [1.54, 1.807) is 6.08 Å². The van der Waals surface area contributed by atoms with E-state index in [-0.39, 0.29) is 30.5 Å². The van der Waals surface area contributed by atoms with Gasteiger partial charge in [0.1, 0.15) is 6.10 Å². The van der Waals surface area contributed by atoms with Gasteiger partial charge in [0, 0.05) is 19.4 Å². The van der Waals surface area contributed by atoms with Crippen molar-refractivity contribution in [2.75, 3.05) is 6.61 Å². The van der Waals surface area contributed by atoms with E-state index in [2.05, 4.69) is 6.58 Å². The molecule has 1 N–H and O–H groups in total. The average Bonchev–Trinajstić information content (AvgIpc) is 2.35. The highest BCUT2D eigenvalue weighted by molar-refractivity contribution is 4.98. The van der Waals surface area contributed by atoms with Crippen molar-refractivity contribution in [1.82, 2.24) is 0 Å². The predicted molar refractivity (Wildman–Crippen MR) is 61.7 cm³/mol. The molecule has 0 bridgehead atoms. The first-order chi connectivity index (χ1) is 8.28. The van der Waals surface area contributed by atoms with Crippen LogP contribution in [0.15, 0.2) is 12.7 Å². The normalized spacial score (nSPS) is 50.2. The third kappa shape index (κ3) is 2.15. The topological polar surface area (TPSA) is 47.9 Å². The van der Waals surface area contributed by atoms with Crippen molar-refractivity contribution >= 4 is 0 Å². The zero-order valence-electron chi connectivity index (χ0n) is 9.96. The van der Waals surface area contributed by atoms with E-state index in [1.807, 2.05) is 0 Å². The van der Waals surface area contributed by atoms with Crippen molar-refractivity contribution in [3.05, 3.63) is 12.7 Å². The van der Waals surface area contributed by atoms with Crippen molar-refractivity contribution in [2.24, 2.45) is 0 Å². The Morgan fingerprint density at radius 1 is 1.06 bits per heavy atom. The maximum atomic E-state index is 9.90. The van der Waals surface area contributed by atoms with Crippen molar-refractivity contribution in [2.45, 2.75) is 62.3 Å². The molecule has 3 aliphatic heterocycles. The summed E-state index contributed by atoms with van der Waals surface area (Å²) in [6.07, 6.45) is 5.00. The van der Waals surface area contributed by atoms with Gasteiger partial charge in [-0.05, 0) is 12.8 Å². The highest BCUT2D eigenvalue weighted by Gasteiger charge is 2.45. The molecule has 0 aromatic rings. The summed E-state index contributed by atoms with van der Waals surface area (Å²) in [6.45, 7) is 4.53. The number of ether oxygens (including phenoxy) is 3. The van der Waals surface area contributed by atoms with Crippen molar-refractivity contribution in [1.29, 1.82) is 0 Å². The molecule has 4 heteroatoms. The minimum Gasteiger partial charge on any atom is -0.390 e. The number of rotatable bonds is 1. The van der Waals surface area contributed by atoms with E-state index >= 15 is 0 Å². The minimum absolute atomic E-state index is 0.0177. The summed E-state index contributed by atoms with van der Waals surface area (Å²) in [5.74, 6) is 0. The van der Waals surface area contributed by atoms with E-state index < -0.39 is 6.10 Å². The minimum atomic E-state index is -0.491. The Morgan fingerprint density at radius 2 is 1.88 bits per heavy atom. The smallest absolute Gasteiger partial charge is 0.102 e. The van der Waals surface area contributed by atoms with Crippen LogP contribution in [0.2, 0.25) is 0 Å². The van der Waals surface area contributed by atoms with Crippen LogP contribution in [0.4, 0.5) is 0 Å². The predicted octanol–water partition coefficient (Wildman–Crippen LogP) is 1.03. The Morgan fingerprint density at radius 3 is 2.71 bits per heavy atom. The molecule has 96 valence electrons. The summed E-state index contributed by atoms with van der Waals surface area (Å²) in [7, 11) is 0. The van der Waals surface area contributed by atoms with E-state index in [0.29, 0.717) is 6.42 Å². The summed E-state index contributed by atoms with van der Waals surface area (Å²) in [4.78, 5) is 0. The Hall–Kier alpha value is -0.420. The van der Waals surface area contributed by atoms with Gasteiger partial charge in [-0.1, -0.05) is 6.08 Å². The third-order valence-electron chi connectivity index (χ3n) is 4.03. The van der Waals surface area contributed by atoms with Gasteiger partial charge in [-0.3, -0.25) is 0 Å². The number of hydrogen-bond acceptors (Lipinski definition) is 4. The molecule has 0 saturated carbocycles. The number of aliphatic hydroxyl groups excluding tert-OH is 1. The van der Waals surface area contributed by atoms with Crippen molar-refractivity contribution in [3.8, 4) is 0 Å². The van der Waals surface area contributed by atoms with Crippen LogP contribution < -0.4 is 0 Å². The molecule has 0 radical (unpaired) electrons. The summed E-state index contributed by atoms with van der Waals surface area (Å²) in [5.41, 5.74) is 0. The Labute approximate surface area is 102 Å². The molecule has 3 fully saturated rings. The first-order valence-electron chi connectivity index (χ1n) is 6.51. The van der Waals surface area contributed by atoms with Crippen LogP contribution in [0.1, 0.15) is 25.7 Å². The van der Waals surface area contributed by atoms with Crippen molar-refractivity contribution in [3.63, 3.8) is 0 Å². The quantitative estimate of drug-likeness (QED) is 0.695. The van der Waals surface area contributed by atoms with Gasteiger partial charge in [-0.15, -0.1) is 6.58 Å². The summed E-state index contributed by atoms with van der Waals surface area (Å²) >= 11 is 0. The molecule has 3 saturated heterocycles.